The van der Waals surface area contributed by atoms with Crippen molar-refractivity contribution in [3.05, 3.63) is 59.7 Å². The Morgan fingerprint density at radius 2 is 1.69 bits per heavy atom. The van der Waals surface area contributed by atoms with Crippen LogP contribution < -0.4 is 14.8 Å². The molecule has 0 aromatic heterocycles. The van der Waals surface area contributed by atoms with Crippen molar-refractivity contribution in [2.45, 2.75) is 50.8 Å². The van der Waals surface area contributed by atoms with Gasteiger partial charge in [0.15, 0.2) is 0 Å². The van der Waals surface area contributed by atoms with Crippen LogP contribution in [0.1, 0.15) is 49.7 Å². The van der Waals surface area contributed by atoms with Gasteiger partial charge >= 0.3 is 6.61 Å². The van der Waals surface area contributed by atoms with E-state index in [9.17, 15) is 22.0 Å². The molecule has 9 heteroatoms. The first-order valence-corrected chi connectivity index (χ1v) is 10.4. The topological polar surface area (TPSA) is 84.5 Å². The highest BCUT2D eigenvalue weighted by Gasteiger charge is 2.22. The Hall–Kier alpha value is -2.52. The number of nitrogens with one attached hydrogen (secondary N) is 2. The summed E-state index contributed by atoms with van der Waals surface area (Å²) in [5.41, 5.74) is 0.226. The fourth-order valence-electron chi connectivity index (χ4n) is 2.57. The maximum absolute atomic E-state index is 12.5. The molecule has 29 heavy (non-hydrogen) atoms. The second kappa shape index (κ2) is 8.87. The second-order valence-corrected chi connectivity index (χ2v) is 9.21. The van der Waals surface area contributed by atoms with E-state index in [4.69, 9.17) is 0 Å². The van der Waals surface area contributed by atoms with Crippen LogP contribution >= 0.6 is 0 Å². The van der Waals surface area contributed by atoms with Crippen LogP contribution in [0.5, 0.6) is 5.75 Å². The van der Waals surface area contributed by atoms with Gasteiger partial charge in [-0.3, -0.25) is 4.79 Å². The number of rotatable bonds is 7. The van der Waals surface area contributed by atoms with E-state index in [2.05, 4.69) is 14.8 Å². The van der Waals surface area contributed by atoms with Crippen molar-refractivity contribution in [1.29, 1.82) is 0 Å². The number of ether oxygens (including phenoxy) is 1. The fourth-order valence-corrected chi connectivity index (χ4v) is 3.99. The molecule has 1 atom stereocenters. The van der Waals surface area contributed by atoms with Crippen molar-refractivity contribution >= 4 is 15.9 Å². The lowest BCUT2D eigenvalue weighted by Crippen LogP contribution is -2.40. The molecule has 0 heterocycles. The molecular weight excluding hydrogens is 402 g/mol. The SMILES string of the molecule is CC(NC(=O)c1ccc(S(=O)(=O)NC(C)(C)C)cc1)c1cccc(OC(F)F)c1. The highest BCUT2D eigenvalue weighted by Crippen LogP contribution is 2.21. The summed E-state index contributed by atoms with van der Waals surface area (Å²) < 4.78 is 56.3. The number of benzene rings is 2. The third-order valence-corrected chi connectivity index (χ3v) is 5.57. The average molecular weight is 426 g/mol. The zero-order valence-corrected chi connectivity index (χ0v) is 17.4. The number of halogens is 2. The number of hydrogen-bond acceptors (Lipinski definition) is 4. The molecule has 0 aliphatic heterocycles. The molecular formula is C20H24F2N2O4S. The number of hydrogen-bond donors (Lipinski definition) is 2. The van der Waals surface area contributed by atoms with Crippen molar-refractivity contribution in [2.24, 2.45) is 0 Å². The van der Waals surface area contributed by atoms with Crippen LogP contribution in [0.2, 0.25) is 0 Å². The Bertz CT molecular complexity index is 955. The van der Waals surface area contributed by atoms with E-state index in [-0.39, 0.29) is 16.2 Å². The van der Waals surface area contributed by atoms with E-state index in [0.717, 1.165) is 0 Å². The van der Waals surface area contributed by atoms with Crippen LogP contribution in [0, 0.1) is 0 Å². The maximum Gasteiger partial charge on any atom is 0.387 e. The predicted octanol–water partition coefficient (Wildman–Crippen LogP) is 3.86. The summed E-state index contributed by atoms with van der Waals surface area (Å²) in [6.07, 6.45) is 0. The van der Waals surface area contributed by atoms with Crippen molar-refractivity contribution in [3.63, 3.8) is 0 Å². The summed E-state index contributed by atoms with van der Waals surface area (Å²) >= 11 is 0. The Morgan fingerprint density at radius 1 is 1.07 bits per heavy atom. The van der Waals surface area contributed by atoms with E-state index < -0.39 is 34.1 Å². The number of carbonyl (C=O) groups is 1. The molecule has 2 rings (SSSR count). The maximum atomic E-state index is 12.5. The Kier molecular flexibility index (Phi) is 6.97. The van der Waals surface area contributed by atoms with Crippen molar-refractivity contribution < 1.29 is 26.7 Å². The molecule has 0 radical (unpaired) electrons. The lowest BCUT2D eigenvalue weighted by Gasteiger charge is -2.20. The number of amides is 1. The molecule has 0 aliphatic carbocycles. The lowest BCUT2D eigenvalue weighted by atomic mass is 10.1. The molecule has 0 bridgehead atoms. The molecule has 6 nitrogen and oxygen atoms in total. The minimum Gasteiger partial charge on any atom is -0.435 e. The van der Waals surface area contributed by atoms with Gasteiger partial charge in [0.25, 0.3) is 5.91 Å². The van der Waals surface area contributed by atoms with E-state index in [1.54, 1.807) is 39.8 Å². The highest BCUT2D eigenvalue weighted by molar-refractivity contribution is 7.89. The van der Waals surface area contributed by atoms with Gasteiger partial charge in [0, 0.05) is 11.1 Å². The third-order valence-electron chi connectivity index (χ3n) is 3.80. The molecule has 2 aromatic carbocycles. The summed E-state index contributed by atoms with van der Waals surface area (Å²) in [6, 6.07) is 11.1. The summed E-state index contributed by atoms with van der Waals surface area (Å²) in [7, 11) is -3.70. The molecule has 1 amide bonds. The van der Waals surface area contributed by atoms with Gasteiger partial charge in [0.1, 0.15) is 5.75 Å². The smallest absolute Gasteiger partial charge is 0.387 e. The Morgan fingerprint density at radius 3 is 2.24 bits per heavy atom. The van der Waals surface area contributed by atoms with Gasteiger partial charge in [-0.15, -0.1) is 0 Å². The van der Waals surface area contributed by atoms with Gasteiger partial charge in [0.05, 0.1) is 10.9 Å². The summed E-state index contributed by atoms with van der Waals surface area (Å²) in [4.78, 5) is 12.5. The molecule has 0 fully saturated rings. The Balaban J connectivity index is 2.09. The molecule has 2 aromatic rings. The van der Waals surface area contributed by atoms with Gasteiger partial charge in [-0.05, 0) is 69.7 Å². The van der Waals surface area contributed by atoms with Gasteiger partial charge in [-0.2, -0.15) is 8.78 Å². The zero-order valence-electron chi connectivity index (χ0n) is 16.6. The first kappa shape index (κ1) is 22.8. The second-order valence-electron chi connectivity index (χ2n) is 7.53. The first-order valence-electron chi connectivity index (χ1n) is 8.87. The number of carbonyl (C=O) groups excluding carboxylic acids is 1. The number of alkyl halides is 2. The lowest BCUT2D eigenvalue weighted by molar-refractivity contribution is -0.0499. The van der Waals surface area contributed by atoms with Crippen LogP contribution in [0.4, 0.5) is 8.78 Å². The molecule has 158 valence electrons. The molecule has 0 saturated heterocycles. The van der Waals surface area contributed by atoms with Crippen molar-refractivity contribution in [2.75, 3.05) is 0 Å². The normalized spacial score (nSPS) is 13.2. The molecule has 2 N–H and O–H groups in total. The van der Waals surface area contributed by atoms with Gasteiger partial charge in [-0.1, -0.05) is 12.1 Å². The highest BCUT2D eigenvalue weighted by atomic mass is 32.2. The molecule has 1 unspecified atom stereocenters. The summed E-state index contributed by atoms with van der Waals surface area (Å²) in [5, 5.41) is 2.74. The molecule has 0 aliphatic rings. The van der Waals surface area contributed by atoms with E-state index >= 15 is 0 Å². The minimum absolute atomic E-state index is 0.000457. The van der Waals surface area contributed by atoms with Crippen LogP contribution in [-0.4, -0.2) is 26.5 Å². The Labute approximate surface area is 169 Å². The standard InChI is InChI=1S/C20H24F2N2O4S/c1-13(15-6-5-7-16(12-15)28-19(21)22)23-18(25)14-8-10-17(11-9-14)29(26,27)24-20(2,3)4/h5-13,19,24H,1-4H3,(H,23,25). The van der Waals surface area contributed by atoms with Crippen LogP contribution in [0.15, 0.2) is 53.4 Å². The quantitative estimate of drug-likeness (QED) is 0.704. The molecule has 0 saturated carbocycles. The van der Waals surface area contributed by atoms with Crippen LogP contribution in [0.25, 0.3) is 0 Å². The zero-order chi connectivity index (χ0) is 21.8. The fraction of sp³-hybridized carbons (Fsp3) is 0.350. The summed E-state index contributed by atoms with van der Waals surface area (Å²) in [6.45, 7) is 3.96. The minimum atomic E-state index is -3.70. The first-order chi connectivity index (χ1) is 13.4. The van der Waals surface area contributed by atoms with Gasteiger partial charge < -0.3 is 10.1 Å². The monoisotopic (exact) mass is 426 g/mol. The van der Waals surface area contributed by atoms with E-state index in [1.807, 2.05) is 0 Å². The number of sulfonamides is 1. The predicted molar refractivity (Wildman–Crippen MR) is 105 cm³/mol. The van der Waals surface area contributed by atoms with Crippen molar-refractivity contribution in [1.82, 2.24) is 10.0 Å². The van der Waals surface area contributed by atoms with Crippen LogP contribution in [0.3, 0.4) is 0 Å². The summed E-state index contributed by atoms with van der Waals surface area (Å²) in [5.74, 6) is -0.426. The average Bonchev–Trinajstić information content (AvgIpc) is 2.59. The van der Waals surface area contributed by atoms with Gasteiger partial charge in [-0.25, -0.2) is 13.1 Å². The van der Waals surface area contributed by atoms with Crippen LogP contribution in [-0.2, 0) is 10.0 Å². The van der Waals surface area contributed by atoms with E-state index in [0.29, 0.717) is 5.56 Å². The molecule has 0 spiro atoms. The largest absolute Gasteiger partial charge is 0.435 e. The third kappa shape index (κ3) is 6.79. The van der Waals surface area contributed by atoms with Crippen molar-refractivity contribution in [3.8, 4) is 5.75 Å². The van der Waals surface area contributed by atoms with E-state index in [1.165, 1.54) is 36.4 Å². The van der Waals surface area contributed by atoms with Gasteiger partial charge in [0.2, 0.25) is 10.0 Å².